The van der Waals surface area contributed by atoms with Gasteiger partial charge >= 0.3 is 0 Å². The number of methoxy groups -OCH3 is 1. The van der Waals surface area contributed by atoms with E-state index < -0.39 is 0 Å². The van der Waals surface area contributed by atoms with Gasteiger partial charge in [-0.05, 0) is 24.3 Å². The van der Waals surface area contributed by atoms with Gasteiger partial charge in [-0.3, -0.25) is 4.79 Å². The van der Waals surface area contributed by atoms with Crippen LogP contribution in [0.3, 0.4) is 0 Å². The highest BCUT2D eigenvalue weighted by Gasteiger charge is 2.09. The highest BCUT2D eigenvalue weighted by Crippen LogP contribution is 2.25. The Morgan fingerprint density at radius 2 is 1.85 bits per heavy atom. The first kappa shape index (κ1) is 18.4. The predicted molar refractivity (Wildman–Crippen MR) is 99.5 cm³/mol. The molecule has 0 atom stereocenters. The van der Waals surface area contributed by atoms with Crippen LogP contribution in [0.2, 0.25) is 0 Å². The molecule has 8 nitrogen and oxygen atoms in total. The number of aromatic nitrogens is 4. The molecule has 0 fully saturated rings. The van der Waals surface area contributed by atoms with E-state index in [1.165, 1.54) is 4.80 Å². The van der Waals surface area contributed by atoms with Crippen LogP contribution in [-0.4, -0.2) is 46.4 Å². The molecule has 0 aliphatic carbocycles. The van der Waals surface area contributed by atoms with E-state index in [-0.39, 0.29) is 12.5 Å². The Bertz CT molecular complexity index is 892. The second kappa shape index (κ2) is 8.79. The minimum Gasteiger partial charge on any atom is -0.493 e. The molecule has 1 heterocycles. The van der Waals surface area contributed by atoms with Crippen molar-refractivity contribution in [1.82, 2.24) is 25.5 Å². The van der Waals surface area contributed by atoms with Gasteiger partial charge in [0.05, 0.1) is 13.7 Å². The first-order valence-corrected chi connectivity index (χ1v) is 8.53. The van der Waals surface area contributed by atoms with E-state index in [1.807, 2.05) is 55.5 Å². The van der Waals surface area contributed by atoms with E-state index in [0.29, 0.717) is 30.5 Å². The molecule has 140 valence electrons. The highest BCUT2D eigenvalue weighted by molar-refractivity contribution is 5.75. The molecule has 0 spiro atoms. The van der Waals surface area contributed by atoms with Gasteiger partial charge < -0.3 is 14.8 Å². The number of carbonyl (C=O) groups excluding carboxylic acids is 1. The van der Waals surface area contributed by atoms with E-state index in [2.05, 4.69) is 20.7 Å². The molecule has 3 rings (SSSR count). The highest BCUT2D eigenvalue weighted by atomic mass is 16.5. The number of benzene rings is 2. The summed E-state index contributed by atoms with van der Waals surface area (Å²) >= 11 is 0. The zero-order chi connectivity index (χ0) is 19.1. The van der Waals surface area contributed by atoms with Gasteiger partial charge in [0, 0.05) is 5.56 Å². The number of hydrogen-bond donors (Lipinski definition) is 1. The molecule has 1 amide bonds. The van der Waals surface area contributed by atoms with Crippen LogP contribution in [0.1, 0.15) is 5.56 Å². The van der Waals surface area contributed by atoms with E-state index in [9.17, 15) is 4.79 Å². The van der Waals surface area contributed by atoms with Crippen molar-refractivity contribution in [2.75, 3.05) is 20.3 Å². The summed E-state index contributed by atoms with van der Waals surface area (Å²) in [5, 5.41) is 14.9. The lowest BCUT2D eigenvalue weighted by molar-refractivity contribution is -0.122. The Morgan fingerprint density at radius 1 is 1.11 bits per heavy atom. The standard InChI is InChI=1S/C19H21N5O3/c1-14-7-9-15(10-8-14)19-21-23-24(22-19)13-18(25)20-11-12-27-17-6-4-3-5-16(17)26-2/h3-10H,11-13H2,1-2H3,(H,20,25). The normalized spacial score (nSPS) is 10.4. The Balaban J connectivity index is 1.45. The van der Waals surface area contributed by atoms with Gasteiger partial charge in [0.15, 0.2) is 11.5 Å². The molecule has 0 saturated carbocycles. The molecule has 3 aromatic rings. The monoisotopic (exact) mass is 367 g/mol. The van der Waals surface area contributed by atoms with Crippen LogP contribution in [0, 0.1) is 6.92 Å². The van der Waals surface area contributed by atoms with Crippen molar-refractivity contribution in [2.45, 2.75) is 13.5 Å². The van der Waals surface area contributed by atoms with Gasteiger partial charge in [0.25, 0.3) is 0 Å². The van der Waals surface area contributed by atoms with Gasteiger partial charge in [-0.2, -0.15) is 4.80 Å². The summed E-state index contributed by atoms with van der Waals surface area (Å²) in [6.45, 7) is 2.69. The molecule has 8 heteroatoms. The van der Waals surface area contributed by atoms with E-state index >= 15 is 0 Å². The molecule has 0 saturated heterocycles. The average molecular weight is 367 g/mol. The van der Waals surface area contributed by atoms with Gasteiger partial charge in [0.2, 0.25) is 11.7 Å². The van der Waals surface area contributed by atoms with Gasteiger partial charge in [0.1, 0.15) is 13.2 Å². The van der Waals surface area contributed by atoms with Gasteiger partial charge in [-0.1, -0.05) is 42.0 Å². The van der Waals surface area contributed by atoms with Crippen LogP contribution in [0.4, 0.5) is 0 Å². The summed E-state index contributed by atoms with van der Waals surface area (Å²) in [6, 6.07) is 15.2. The van der Waals surface area contributed by atoms with Crippen LogP contribution < -0.4 is 14.8 Å². The lowest BCUT2D eigenvalue weighted by Crippen LogP contribution is -2.31. The second-order valence-corrected chi connectivity index (χ2v) is 5.86. The van der Waals surface area contributed by atoms with E-state index in [1.54, 1.807) is 7.11 Å². The van der Waals surface area contributed by atoms with E-state index in [4.69, 9.17) is 9.47 Å². The van der Waals surface area contributed by atoms with Gasteiger partial charge in [-0.15, -0.1) is 10.2 Å². The molecular weight excluding hydrogens is 346 g/mol. The van der Waals surface area contributed by atoms with Crippen molar-refractivity contribution in [1.29, 1.82) is 0 Å². The molecule has 0 aliphatic heterocycles. The number of para-hydroxylation sites is 2. The first-order chi connectivity index (χ1) is 13.2. The number of aryl methyl sites for hydroxylation is 1. The van der Waals surface area contributed by atoms with Crippen molar-refractivity contribution in [3.05, 3.63) is 54.1 Å². The average Bonchev–Trinajstić information content (AvgIpc) is 3.14. The summed E-state index contributed by atoms with van der Waals surface area (Å²) in [5.41, 5.74) is 2.01. The lowest BCUT2D eigenvalue weighted by atomic mass is 10.1. The second-order valence-electron chi connectivity index (χ2n) is 5.86. The van der Waals surface area contributed by atoms with E-state index in [0.717, 1.165) is 11.1 Å². The van der Waals surface area contributed by atoms with Crippen molar-refractivity contribution in [2.24, 2.45) is 0 Å². The first-order valence-electron chi connectivity index (χ1n) is 8.53. The number of hydrogen-bond acceptors (Lipinski definition) is 6. The smallest absolute Gasteiger partial charge is 0.243 e. The van der Waals surface area contributed by atoms with Gasteiger partial charge in [-0.25, -0.2) is 0 Å². The maximum absolute atomic E-state index is 12.0. The lowest BCUT2D eigenvalue weighted by Gasteiger charge is -2.10. The minimum atomic E-state index is -0.216. The number of nitrogens with one attached hydrogen (secondary N) is 1. The summed E-state index contributed by atoms with van der Waals surface area (Å²) in [5.74, 6) is 1.56. The van der Waals surface area contributed by atoms with Crippen LogP contribution in [0.25, 0.3) is 11.4 Å². The maximum Gasteiger partial charge on any atom is 0.243 e. The topological polar surface area (TPSA) is 91.2 Å². The van der Waals surface area contributed by atoms with Crippen molar-refractivity contribution < 1.29 is 14.3 Å². The number of tetrazole rings is 1. The summed E-state index contributed by atoms with van der Waals surface area (Å²) in [7, 11) is 1.58. The Morgan fingerprint density at radius 3 is 2.59 bits per heavy atom. The zero-order valence-corrected chi connectivity index (χ0v) is 15.3. The fraction of sp³-hybridized carbons (Fsp3) is 0.263. The Kier molecular flexibility index (Phi) is 5.98. The Hall–Kier alpha value is -3.42. The third kappa shape index (κ3) is 5.04. The van der Waals surface area contributed by atoms with Crippen LogP contribution in [0.5, 0.6) is 11.5 Å². The number of amides is 1. The molecular formula is C19H21N5O3. The third-order valence-corrected chi connectivity index (χ3v) is 3.80. The molecule has 27 heavy (non-hydrogen) atoms. The molecule has 0 unspecified atom stereocenters. The molecule has 0 aliphatic rings. The summed E-state index contributed by atoms with van der Waals surface area (Å²) in [6.07, 6.45) is 0. The zero-order valence-electron chi connectivity index (χ0n) is 15.3. The molecule has 0 bridgehead atoms. The van der Waals surface area contributed by atoms with Crippen LogP contribution in [-0.2, 0) is 11.3 Å². The number of carbonyl (C=O) groups is 1. The fourth-order valence-electron chi connectivity index (χ4n) is 2.40. The number of nitrogens with zero attached hydrogens (tertiary/aromatic N) is 4. The largest absolute Gasteiger partial charge is 0.493 e. The van der Waals surface area contributed by atoms with Crippen molar-refractivity contribution >= 4 is 5.91 Å². The quantitative estimate of drug-likeness (QED) is 0.611. The number of ether oxygens (including phenoxy) is 2. The predicted octanol–water partition coefficient (Wildman–Crippen LogP) is 1.85. The third-order valence-electron chi connectivity index (χ3n) is 3.80. The summed E-state index contributed by atoms with van der Waals surface area (Å²) in [4.78, 5) is 13.3. The SMILES string of the molecule is COc1ccccc1OCCNC(=O)Cn1nnc(-c2ccc(C)cc2)n1. The van der Waals surface area contributed by atoms with Crippen LogP contribution >= 0.6 is 0 Å². The van der Waals surface area contributed by atoms with Crippen molar-refractivity contribution in [3.63, 3.8) is 0 Å². The van der Waals surface area contributed by atoms with Crippen LogP contribution in [0.15, 0.2) is 48.5 Å². The molecule has 1 aromatic heterocycles. The summed E-state index contributed by atoms with van der Waals surface area (Å²) < 4.78 is 10.8. The molecule has 1 N–H and O–H groups in total. The minimum absolute atomic E-state index is 0.00643. The Labute approximate surface area is 157 Å². The number of rotatable bonds is 8. The molecule has 2 aromatic carbocycles. The molecule has 0 radical (unpaired) electrons. The maximum atomic E-state index is 12.0. The fourth-order valence-corrected chi connectivity index (χ4v) is 2.40. The van der Waals surface area contributed by atoms with Crippen molar-refractivity contribution in [3.8, 4) is 22.9 Å².